The standard InChI is InChI=1S/C18H18O5/c1-21-15-10-14(8-9-17(19)20)11-16(18(15)22-2)23-12-13-6-4-3-5-7-13/h3-11H,12H2,1-2H3,(H,19,20). The maximum absolute atomic E-state index is 10.7. The predicted octanol–water partition coefficient (Wildman–Crippen LogP) is 3.38. The lowest BCUT2D eigenvalue weighted by atomic mass is 10.1. The van der Waals surface area contributed by atoms with Crippen LogP contribution in [0.2, 0.25) is 0 Å². The molecule has 0 bridgehead atoms. The van der Waals surface area contributed by atoms with Crippen LogP contribution in [0.25, 0.3) is 6.08 Å². The van der Waals surface area contributed by atoms with Crippen LogP contribution in [0.5, 0.6) is 17.2 Å². The smallest absolute Gasteiger partial charge is 0.328 e. The monoisotopic (exact) mass is 314 g/mol. The summed E-state index contributed by atoms with van der Waals surface area (Å²) in [5.74, 6) is 0.409. The van der Waals surface area contributed by atoms with Gasteiger partial charge in [-0.2, -0.15) is 0 Å². The lowest BCUT2D eigenvalue weighted by Crippen LogP contribution is -2.00. The Morgan fingerprint density at radius 2 is 1.78 bits per heavy atom. The fourth-order valence-corrected chi connectivity index (χ4v) is 2.06. The van der Waals surface area contributed by atoms with Crippen LogP contribution in [0, 0.1) is 0 Å². The molecular weight excluding hydrogens is 296 g/mol. The van der Waals surface area contributed by atoms with Crippen molar-refractivity contribution in [3.8, 4) is 17.2 Å². The zero-order valence-corrected chi connectivity index (χ0v) is 13.0. The highest BCUT2D eigenvalue weighted by Gasteiger charge is 2.13. The largest absolute Gasteiger partial charge is 0.493 e. The number of hydrogen-bond acceptors (Lipinski definition) is 4. The van der Waals surface area contributed by atoms with Crippen molar-refractivity contribution in [2.45, 2.75) is 6.61 Å². The molecule has 0 atom stereocenters. The quantitative estimate of drug-likeness (QED) is 0.794. The SMILES string of the molecule is COc1cc(C=CC(=O)O)cc(OCc2ccccc2)c1OC. The zero-order valence-electron chi connectivity index (χ0n) is 13.0. The highest BCUT2D eigenvalue weighted by Crippen LogP contribution is 2.39. The highest BCUT2D eigenvalue weighted by atomic mass is 16.5. The van der Waals surface area contributed by atoms with Crippen LogP contribution in [-0.2, 0) is 11.4 Å². The summed E-state index contributed by atoms with van der Waals surface area (Å²) in [6.07, 6.45) is 2.53. The zero-order chi connectivity index (χ0) is 16.7. The minimum absolute atomic E-state index is 0.368. The first-order valence-corrected chi connectivity index (χ1v) is 6.97. The van der Waals surface area contributed by atoms with E-state index in [0.717, 1.165) is 11.6 Å². The molecule has 0 aliphatic carbocycles. The molecule has 5 heteroatoms. The van der Waals surface area contributed by atoms with Crippen LogP contribution in [0.15, 0.2) is 48.5 Å². The Hall–Kier alpha value is -2.95. The summed E-state index contributed by atoms with van der Waals surface area (Å²) in [5, 5.41) is 8.75. The molecule has 0 fully saturated rings. The Kier molecular flexibility index (Phi) is 5.63. The topological polar surface area (TPSA) is 65.0 Å². The van der Waals surface area contributed by atoms with E-state index in [2.05, 4.69) is 0 Å². The van der Waals surface area contributed by atoms with Crippen LogP contribution in [-0.4, -0.2) is 25.3 Å². The minimum Gasteiger partial charge on any atom is -0.493 e. The summed E-state index contributed by atoms with van der Waals surface area (Å²) < 4.78 is 16.5. The molecule has 5 nitrogen and oxygen atoms in total. The lowest BCUT2D eigenvalue weighted by Gasteiger charge is -2.15. The molecule has 0 spiro atoms. The molecule has 0 radical (unpaired) electrons. The molecule has 2 aromatic carbocycles. The Labute approximate surface area is 134 Å². The van der Waals surface area contributed by atoms with Gasteiger partial charge in [0.25, 0.3) is 0 Å². The molecule has 2 rings (SSSR count). The van der Waals surface area contributed by atoms with E-state index in [-0.39, 0.29) is 0 Å². The Balaban J connectivity index is 2.30. The van der Waals surface area contributed by atoms with E-state index in [0.29, 0.717) is 29.4 Å². The summed E-state index contributed by atoms with van der Waals surface area (Å²) in [6, 6.07) is 13.1. The van der Waals surface area contributed by atoms with E-state index in [1.807, 2.05) is 30.3 Å². The molecular formula is C18H18O5. The van der Waals surface area contributed by atoms with Crippen molar-refractivity contribution in [1.82, 2.24) is 0 Å². The Bertz CT molecular complexity index is 692. The predicted molar refractivity (Wildman–Crippen MR) is 87.0 cm³/mol. The molecule has 0 amide bonds. The van der Waals surface area contributed by atoms with Gasteiger partial charge in [0.2, 0.25) is 5.75 Å². The van der Waals surface area contributed by atoms with Crippen molar-refractivity contribution in [2.24, 2.45) is 0 Å². The van der Waals surface area contributed by atoms with E-state index >= 15 is 0 Å². The van der Waals surface area contributed by atoms with E-state index in [1.165, 1.54) is 20.3 Å². The van der Waals surface area contributed by atoms with Gasteiger partial charge in [0.15, 0.2) is 11.5 Å². The lowest BCUT2D eigenvalue weighted by molar-refractivity contribution is -0.131. The maximum Gasteiger partial charge on any atom is 0.328 e. The van der Waals surface area contributed by atoms with Gasteiger partial charge in [-0.3, -0.25) is 0 Å². The molecule has 0 aromatic heterocycles. The number of hydrogen-bond donors (Lipinski definition) is 1. The van der Waals surface area contributed by atoms with Crippen molar-refractivity contribution in [1.29, 1.82) is 0 Å². The Morgan fingerprint density at radius 1 is 1.09 bits per heavy atom. The van der Waals surface area contributed by atoms with Gasteiger partial charge in [-0.25, -0.2) is 4.79 Å². The number of benzene rings is 2. The van der Waals surface area contributed by atoms with Gasteiger partial charge in [0.1, 0.15) is 6.61 Å². The molecule has 1 N–H and O–H groups in total. The molecule has 0 aliphatic heterocycles. The van der Waals surface area contributed by atoms with E-state index in [9.17, 15) is 4.79 Å². The van der Waals surface area contributed by atoms with Crippen molar-refractivity contribution < 1.29 is 24.1 Å². The first-order chi connectivity index (χ1) is 11.1. The van der Waals surface area contributed by atoms with E-state index in [4.69, 9.17) is 19.3 Å². The third-order valence-electron chi connectivity index (χ3n) is 3.12. The van der Waals surface area contributed by atoms with Gasteiger partial charge in [0.05, 0.1) is 14.2 Å². The average molecular weight is 314 g/mol. The number of aliphatic carboxylic acids is 1. The first-order valence-electron chi connectivity index (χ1n) is 6.97. The van der Waals surface area contributed by atoms with Crippen molar-refractivity contribution in [2.75, 3.05) is 14.2 Å². The van der Waals surface area contributed by atoms with Crippen LogP contribution in [0.3, 0.4) is 0 Å². The fourth-order valence-electron chi connectivity index (χ4n) is 2.06. The third-order valence-corrected chi connectivity index (χ3v) is 3.12. The summed E-state index contributed by atoms with van der Waals surface area (Å²) in [6.45, 7) is 0.368. The van der Waals surface area contributed by atoms with Gasteiger partial charge < -0.3 is 19.3 Å². The van der Waals surface area contributed by atoms with Crippen LogP contribution in [0.4, 0.5) is 0 Å². The Morgan fingerprint density at radius 3 is 2.39 bits per heavy atom. The fraction of sp³-hybridized carbons (Fsp3) is 0.167. The molecule has 23 heavy (non-hydrogen) atoms. The maximum atomic E-state index is 10.7. The molecule has 0 saturated carbocycles. The van der Waals surface area contributed by atoms with Crippen molar-refractivity contribution in [3.05, 3.63) is 59.7 Å². The molecule has 0 heterocycles. The number of carboxylic acids is 1. The average Bonchev–Trinajstić information content (AvgIpc) is 2.58. The molecule has 0 unspecified atom stereocenters. The number of rotatable bonds is 7. The first kappa shape index (κ1) is 16.4. The van der Waals surface area contributed by atoms with Crippen molar-refractivity contribution >= 4 is 12.0 Å². The van der Waals surface area contributed by atoms with Crippen LogP contribution < -0.4 is 14.2 Å². The molecule has 120 valence electrons. The van der Waals surface area contributed by atoms with Crippen LogP contribution in [0.1, 0.15) is 11.1 Å². The summed E-state index contributed by atoms with van der Waals surface area (Å²) in [7, 11) is 3.05. The summed E-state index contributed by atoms with van der Waals surface area (Å²) in [5.41, 5.74) is 1.66. The van der Waals surface area contributed by atoms with Crippen molar-refractivity contribution in [3.63, 3.8) is 0 Å². The van der Waals surface area contributed by atoms with Crippen LogP contribution >= 0.6 is 0 Å². The van der Waals surface area contributed by atoms with Gasteiger partial charge >= 0.3 is 5.97 Å². The van der Waals surface area contributed by atoms with E-state index in [1.54, 1.807) is 12.1 Å². The van der Waals surface area contributed by atoms with E-state index < -0.39 is 5.97 Å². The molecule has 0 aliphatic rings. The number of carbonyl (C=O) groups is 1. The van der Waals surface area contributed by atoms with Gasteiger partial charge in [-0.05, 0) is 29.3 Å². The summed E-state index contributed by atoms with van der Waals surface area (Å²) >= 11 is 0. The number of methoxy groups -OCH3 is 2. The third kappa shape index (κ3) is 4.51. The number of carboxylic acid groups (broad SMARTS) is 1. The minimum atomic E-state index is -1.02. The normalized spacial score (nSPS) is 10.5. The second kappa shape index (κ2) is 7.89. The van der Waals surface area contributed by atoms with Gasteiger partial charge in [-0.15, -0.1) is 0 Å². The second-order valence-electron chi connectivity index (χ2n) is 4.70. The molecule has 2 aromatic rings. The van der Waals surface area contributed by atoms with Gasteiger partial charge in [-0.1, -0.05) is 30.3 Å². The molecule has 0 saturated heterocycles. The highest BCUT2D eigenvalue weighted by molar-refractivity contribution is 5.85. The van der Waals surface area contributed by atoms with Gasteiger partial charge in [0, 0.05) is 6.08 Å². The second-order valence-corrected chi connectivity index (χ2v) is 4.70. The summed E-state index contributed by atoms with van der Waals surface area (Å²) in [4.78, 5) is 10.7. The number of ether oxygens (including phenoxy) is 3.